The Bertz CT molecular complexity index is 2750. The van der Waals surface area contributed by atoms with Crippen molar-refractivity contribution in [3.05, 3.63) is 146 Å². The van der Waals surface area contributed by atoms with Crippen LogP contribution in [0.1, 0.15) is 0 Å². The van der Waals surface area contributed by atoms with Gasteiger partial charge in [0.15, 0.2) is 0 Å². The van der Waals surface area contributed by atoms with Gasteiger partial charge in [0.05, 0.1) is 35.8 Å². The normalized spacial score (nSPS) is 14.9. The van der Waals surface area contributed by atoms with Gasteiger partial charge in [-0.25, -0.2) is 13.7 Å². The van der Waals surface area contributed by atoms with Crippen LogP contribution in [0.25, 0.3) is 65.0 Å². The molecule has 6 aromatic carbocycles. The molecule has 0 N–H and O–H groups in total. The van der Waals surface area contributed by atoms with Crippen molar-refractivity contribution in [1.29, 1.82) is 0 Å². The summed E-state index contributed by atoms with van der Waals surface area (Å²) >= 11 is 0. The highest BCUT2D eigenvalue weighted by Crippen LogP contribution is 2.35. The first-order valence-corrected chi connectivity index (χ1v) is 21.3. The first-order valence-electron chi connectivity index (χ1n) is 21.3. The van der Waals surface area contributed by atoms with Gasteiger partial charge in [0.1, 0.15) is 55.8 Å². The Morgan fingerprint density at radius 2 is 0.586 bits per heavy atom. The highest BCUT2D eigenvalue weighted by molar-refractivity contribution is 6.10. The minimum absolute atomic E-state index is 1.00. The third-order valence-electron chi connectivity index (χ3n) is 13.5. The number of hydrogen-bond donors (Lipinski definition) is 0. The molecular weight excluding hydrogens is 711 g/mol. The molecule has 0 radical (unpaired) electrons. The van der Waals surface area contributed by atoms with Crippen LogP contribution in [-0.4, -0.2) is 63.8 Å². The first-order chi connectivity index (χ1) is 28.8. The van der Waals surface area contributed by atoms with Gasteiger partial charge >= 0.3 is 0 Å². The Labute approximate surface area is 338 Å². The molecule has 0 fully saturated rings. The molecule has 0 amide bonds. The van der Waals surface area contributed by atoms with Gasteiger partial charge in [0.2, 0.25) is 0 Å². The molecule has 58 heavy (non-hydrogen) atoms. The van der Waals surface area contributed by atoms with E-state index in [0.717, 1.165) is 78.5 Å². The van der Waals surface area contributed by atoms with E-state index in [2.05, 4.69) is 179 Å². The van der Waals surface area contributed by atoms with Crippen LogP contribution in [0.2, 0.25) is 0 Å². The Morgan fingerprint density at radius 3 is 0.897 bits per heavy atom. The minimum atomic E-state index is 1.00. The smallest absolute Gasteiger partial charge is 0.285 e. The third kappa shape index (κ3) is 5.26. The second-order valence-corrected chi connectivity index (χ2v) is 16.4. The van der Waals surface area contributed by atoms with Crippen LogP contribution in [0.4, 0.5) is 17.5 Å². The second-order valence-electron chi connectivity index (χ2n) is 16.4. The molecule has 0 spiro atoms. The summed E-state index contributed by atoms with van der Waals surface area (Å²) in [6, 6.07) is 54.0. The quantitative estimate of drug-likeness (QED) is 0.112. The zero-order valence-corrected chi connectivity index (χ0v) is 33.0. The SMILES string of the molecule is c1ccc2c(c1)c1[n+](c3ccccc23)CCN1CCN(CCN1CC[n+]2c1c1ccccc1c1ccccc12)CCN1CC[n+]2c1c1ccccc1c1ccccc12. The van der Waals surface area contributed by atoms with Crippen LogP contribution in [0.3, 0.4) is 0 Å². The van der Waals surface area contributed by atoms with Crippen LogP contribution >= 0.6 is 0 Å². The number of rotatable bonds is 9. The van der Waals surface area contributed by atoms with Crippen LogP contribution in [0.15, 0.2) is 146 Å². The summed E-state index contributed by atoms with van der Waals surface area (Å²) in [6.45, 7) is 12.2. The lowest BCUT2D eigenvalue weighted by Crippen LogP contribution is -2.43. The Balaban J connectivity index is 0.874. The van der Waals surface area contributed by atoms with E-state index in [0.29, 0.717) is 0 Å². The van der Waals surface area contributed by atoms with Gasteiger partial charge in [0.25, 0.3) is 17.5 Å². The number of nitrogens with zero attached hydrogens (tertiary/aromatic N) is 7. The van der Waals surface area contributed by atoms with Crippen molar-refractivity contribution >= 4 is 82.5 Å². The van der Waals surface area contributed by atoms with Gasteiger partial charge in [-0.1, -0.05) is 109 Å². The molecule has 3 aromatic heterocycles. The molecule has 0 aliphatic carbocycles. The van der Waals surface area contributed by atoms with Crippen molar-refractivity contribution < 1.29 is 13.7 Å². The average molecular weight is 759 g/mol. The Kier molecular flexibility index (Phi) is 7.96. The Morgan fingerprint density at radius 1 is 0.328 bits per heavy atom. The largest absolute Gasteiger partial charge is 0.292 e. The maximum Gasteiger partial charge on any atom is 0.285 e. The van der Waals surface area contributed by atoms with E-state index in [9.17, 15) is 0 Å². The predicted octanol–water partition coefficient (Wildman–Crippen LogP) is 7.63. The van der Waals surface area contributed by atoms with E-state index in [4.69, 9.17) is 0 Å². The minimum Gasteiger partial charge on any atom is -0.292 e. The molecule has 6 heterocycles. The zero-order valence-electron chi connectivity index (χ0n) is 33.0. The maximum absolute atomic E-state index is 2.77. The summed E-state index contributed by atoms with van der Waals surface area (Å²) in [5.41, 5.74) is 4.02. The molecule has 0 bridgehead atoms. The van der Waals surface area contributed by atoms with E-state index in [1.807, 2.05) is 0 Å². The van der Waals surface area contributed by atoms with E-state index < -0.39 is 0 Å². The van der Waals surface area contributed by atoms with Crippen LogP contribution in [0.5, 0.6) is 0 Å². The van der Waals surface area contributed by atoms with Gasteiger partial charge in [-0.2, -0.15) is 0 Å². The molecule has 3 aliphatic rings. The van der Waals surface area contributed by atoms with Crippen molar-refractivity contribution in [1.82, 2.24) is 4.90 Å². The van der Waals surface area contributed by atoms with Crippen LogP contribution in [0, 0.1) is 0 Å². The van der Waals surface area contributed by atoms with Crippen molar-refractivity contribution in [3.8, 4) is 0 Å². The predicted molar refractivity (Wildman–Crippen MR) is 238 cm³/mol. The van der Waals surface area contributed by atoms with Crippen molar-refractivity contribution in [2.75, 3.05) is 73.6 Å². The van der Waals surface area contributed by atoms with Gasteiger partial charge in [0, 0.05) is 52.0 Å². The molecule has 0 unspecified atom stereocenters. The van der Waals surface area contributed by atoms with E-state index >= 15 is 0 Å². The molecule has 0 atom stereocenters. The summed E-state index contributed by atoms with van der Waals surface area (Å²) in [5.74, 6) is 4.13. The molecule has 0 saturated carbocycles. The standard InChI is InChI=1S/C51H48N7/c1-4-19-43-37(13-1)40-16-7-10-22-46(40)56-34-31-53(49(43)56)28-25-52(26-29-54-32-35-57-47-23-11-8-17-41(47)38-14-2-5-20-44(38)50(54)57)27-30-55-33-36-58-48-24-12-9-18-42(48)39-15-3-6-21-45(39)51(55)58/h1-24H,25-36H2/q+3. The molecule has 0 saturated heterocycles. The van der Waals surface area contributed by atoms with Crippen molar-refractivity contribution in [2.45, 2.75) is 19.6 Å². The number of fused-ring (bicyclic) bond motifs is 18. The number of anilines is 3. The van der Waals surface area contributed by atoms with Crippen molar-refractivity contribution in [3.63, 3.8) is 0 Å². The summed E-state index contributed by atoms with van der Waals surface area (Å²) in [7, 11) is 0. The Hall–Kier alpha value is -6.31. The molecule has 9 aromatic rings. The lowest BCUT2D eigenvalue weighted by molar-refractivity contribution is -0.643. The van der Waals surface area contributed by atoms with Crippen LogP contribution in [-0.2, 0) is 19.6 Å². The van der Waals surface area contributed by atoms with Gasteiger partial charge in [-0.05, 0) is 36.4 Å². The van der Waals surface area contributed by atoms with Gasteiger partial charge in [-0.3, -0.25) is 19.6 Å². The summed E-state index contributed by atoms with van der Waals surface area (Å²) in [5, 5.41) is 12.2. The van der Waals surface area contributed by atoms with E-state index in [1.165, 1.54) is 82.5 Å². The zero-order chi connectivity index (χ0) is 38.2. The number of benzene rings is 6. The fourth-order valence-electron chi connectivity index (χ4n) is 10.8. The fourth-order valence-corrected chi connectivity index (χ4v) is 10.8. The number of pyridine rings is 3. The van der Waals surface area contributed by atoms with Crippen molar-refractivity contribution in [2.24, 2.45) is 0 Å². The summed E-state index contributed by atoms with van der Waals surface area (Å²) in [6.07, 6.45) is 0. The highest BCUT2D eigenvalue weighted by atomic mass is 15.4. The lowest BCUT2D eigenvalue weighted by atomic mass is 10.1. The van der Waals surface area contributed by atoms with E-state index in [1.54, 1.807) is 0 Å². The molecule has 7 heteroatoms. The number of hydrogen-bond acceptors (Lipinski definition) is 4. The lowest BCUT2D eigenvalue weighted by Gasteiger charge is -2.25. The third-order valence-corrected chi connectivity index (χ3v) is 13.5. The summed E-state index contributed by atoms with van der Waals surface area (Å²) < 4.78 is 7.72. The average Bonchev–Trinajstić information content (AvgIpc) is 4.05. The van der Waals surface area contributed by atoms with E-state index in [-0.39, 0.29) is 0 Å². The number of para-hydroxylation sites is 3. The van der Waals surface area contributed by atoms with Gasteiger partial charge in [-0.15, -0.1) is 0 Å². The molecule has 284 valence electrons. The topological polar surface area (TPSA) is 24.6 Å². The fraction of sp³-hybridized carbons (Fsp3) is 0.235. The van der Waals surface area contributed by atoms with Crippen LogP contribution < -0.4 is 28.4 Å². The maximum atomic E-state index is 2.77. The molecular formula is C51H48N7+3. The molecule has 3 aliphatic heterocycles. The van der Waals surface area contributed by atoms with Gasteiger partial charge < -0.3 is 0 Å². The highest BCUT2D eigenvalue weighted by Gasteiger charge is 2.36. The monoisotopic (exact) mass is 758 g/mol. The molecule has 12 rings (SSSR count). The first kappa shape index (κ1) is 33.8. The summed E-state index contributed by atoms with van der Waals surface area (Å²) in [4.78, 5) is 10.8. The second kappa shape index (κ2) is 13.7. The number of aromatic nitrogens is 3. The molecule has 7 nitrogen and oxygen atoms in total.